The van der Waals surface area contributed by atoms with Crippen LogP contribution >= 0.6 is 11.8 Å². The maximum Gasteiger partial charge on any atom is 0.268 e. The van der Waals surface area contributed by atoms with Crippen LogP contribution in [-0.2, 0) is 0 Å². The van der Waals surface area contributed by atoms with Gasteiger partial charge in [-0.25, -0.2) is 9.97 Å². The van der Waals surface area contributed by atoms with Crippen molar-refractivity contribution in [3.05, 3.63) is 47.9 Å². The summed E-state index contributed by atoms with van der Waals surface area (Å²) in [6.45, 7) is 0. The molecule has 0 saturated heterocycles. The minimum absolute atomic E-state index is 0.0536. The number of nitrogens with zero attached hydrogens (tertiary/aromatic N) is 3. The Balaban J connectivity index is 1.72. The van der Waals surface area contributed by atoms with Gasteiger partial charge in [0.2, 0.25) is 0 Å². The third-order valence-corrected chi connectivity index (χ3v) is 4.92. The number of primary amides is 1. The molecule has 2 aromatic heterocycles. The Bertz CT molecular complexity index is 1010. The number of nitrogens with one attached hydrogen (secondary N) is 1. The third kappa shape index (κ3) is 3.03. The van der Waals surface area contributed by atoms with E-state index in [1.807, 2.05) is 18.4 Å². The van der Waals surface area contributed by atoms with Gasteiger partial charge in [-0.05, 0) is 31.2 Å². The minimum Gasteiger partial charge on any atom is -0.364 e. The number of fused-ring (bicyclic) bond motifs is 1. The van der Waals surface area contributed by atoms with E-state index in [4.69, 9.17) is 5.73 Å². The van der Waals surface area contributed by atoms with Crippen molar-refractivity contribution in [2.75, 3.05) is 6.26 Å². The standard InChI is InChI=1S/C18H17N5O2S/c1-26-18-16-20-8-14(23(16)9-13(22-18)15(19)24)10-2-4-11(5-3-10)17(25)21-12-6-7-12/h2-5,8-9,12H,6-7H2,1H3,(H2,19,24)(H,21,25). The number of carbonyl (C=O) groups excluding carboxylic acids is 2. The van der Waals surface area contributed by atoms with Crippen molar-refractivity contribution in [3.63, 3.8) is 0 Å². The molecule has 1 fully saturated rings. The van der Waals surface area contributed by atoms with Crippen molar-refractivity contribution in [2.24, 2.45) is 5.73 Å². The van der Waals surface area contributed by atoms with Crippen LogP contribution in [-0.4, -0.2) is 38.5 Å². The van der Waals surface area contributed by atoms with Crippen LogP contribution < -0.4 is 11.1 Å². The molecule has 132 valence electrons. The number of benzene rings is 1. The summed E-state index contributed by atoms with van der Waals surface area (Å²) in [4.78, 5) is 32.4. The first-order valence-corrected chi connectivity index (χ1v) is 9.42. The molecule has 0 radical (unpaired) electrons. The summed E-state index contributed by atoms with van der Waals surface area (Å²) in [6, 6.07) is 7.64. The summed E-state index contributed by atoms with van der Waals surface area (Å²) in [7, 11) is 0. The van der Waals surface area contributed by atoms with Gasteiger partial charge in [-0.3, -0.25) is 14.0 Å². The first-order chi connectivity index (χ1) is 12.6. The normalized spacial score (nSPS) is 13.7. The zero-order chi connectivity index (χ0) is 18.3. The number of hydrogen-bond donors (Lipinski definition) is 2. The molecule has 1 saturated carbocycles. The Labute approximate surface area is 154 Å². The zero-order valence-electron chi connectivity index (χ0n) is 14.1. The predicted molar refractivity (Wildman–Crippen MR) is 99.2 cm³/mol. The van der Waals surface area contributed by atoms with Gasteiger partial charge >= 0.3 is 0 Å². The number of rotatable bonds is 5. The Hall–Kier alpha value is -2.87. The number of nitrogens with two attached hydrogens (primary N) is 1. The topological polar surface area (TPSA) is 102 Å². The SMILES string of the molecule is CSc1nc(C(N)=O)cn2c(-c3ccc(C(=O)NC4CC4)cc3)cnc12. The molecule has 3 aromatic rings. The Morgan fingerprint density at radius 2 is 2.00 bits per heavy atom. The van der Waals surface area contributed by atoms with Crippen molar-refractivity contribution in [3.8, 4) is 11.3 Å². The quantitative estimate of drug-likeness (QED) is 0.673. The zero-order valence-corrected chi connectivity index (χ0v) is 14.9. The molecule has 26 heavy (non-hydrogen) atoms. The van der Waals surface area contributed by atoms with Crippen molar-refractivity contribution in [1.29, 1.82) is 0 Å². The van der Waals surface area contributed by atoms with Gasteiger partial charge in [-0.1, -0.05) is 12.1 Å². The lowest BCUT2D eigenvalue weighted by Crippen LogP contribution is -2.25. The van der Waals surface area contributed by atoms with Gasteiger partial charge in [0.05, 0.1) is 11.9 Å². The molecule has 0 atom stereocenters. The monoisotopic (exact) mass is 367 g/mol. The lowest BCUT2D eigenvalue weighted by molar-refractivity contribution is 0.0949. The lowest BCUT2D eigenvalue weighted by Gasteiger charge is -2.07. The number of carbonyl (C=O) groups is 2. The molecule has 7 nitrogen and oxygen atoms in total. The van der Waals surface area contributed by atoms with Crippen LogP contribution in [0.3, 0.4) is 0 Å². The third-order valence-electron chi connectivity index (χ3n) is 4.26. The first-order valence-electron chi connectivity index (χ1n) is 8.20. The fraction of sp³-hybridized carbons (Fsp3) is 0.222. The van der Waals surface area contributed by atoms with E-state index in [1.54, 1.807) is 28.9 Å². The van der Waals surface area contributed by atoms with Crippen LogP contribution in [0.4, 0.5) is 0 Å². The Morgan fingerprint density at radius 3 is 2.62 bits per heavy atom. The molecular weight excluding hydrogens is 350 g/mol. The largest absolute Gasteiger partial charge is 0.364 e. The van der Waals surface area contributed by atoms with Gasteiger partial charge in [0.25, 0.3) is 11.8 Å². The molecule has 3 N–H and O–H groups in total. The van der Waals surface area contributed by atoms with Gasteiger partial charge in [-0.15, -0.1) is 11.8 Å². The van der Waals surface area contributed by atoms with E-state index in [1.165, 1.54) is 11.8 Å². The second-order valence-corrected chi connectivity index (χ2v) is 6.96. The summed E-state index contributed by atoms with van der Waals surface area (Å²) >= 11 is 1.40. The molecule has 2 heterocycles. The second kappa shape index (κ2) is 6.45. The lowest BCUT2D eigenvalue weighted by atomic mass is 10.1. The predicted octanol–water partition coefficient (Wildman–Crippen LogP) is 2.11. The summed E-state index contributed by atoms with van der Waals surface area (Å²) in [5, 5.41) is 3.60. The average molecular weight is 367 g/mol. The highest BCUT2D eigenvalue weighted by Gasteiger charge is 2.23. The Kier molecular flexibility index (Phi) is 4.12. The molecule has 4 rings (SSSR count). The van der Waals surface area contributed by atoms with E-state index < -0.39 is 5.91 Å². The van der Waals surface area contributed by atoms with Crippen LogP contribution in [0, 0.1) is 0 Å². The molecule has 0 aliphatic heterocycles. The maximum atomic E-state index is 12.1. The molecule has 1 aromatic carbocycles. The molecular formula is C18H17N5O2S. The molecule has 2 amide bonds. The van der Waals surface area contributed by atoms with E-state index in [0.29, 0.717) is 22.3 Å². The summed E-state index contributed by atoms with van der Waals surface area (Å²) in [5.74, 6) is -0.643. The molecule has 1 aliphatic carbocycles. The number of aromatic nitrogens is 3. The highest BCUT2D eigenvalue weighted by Crippen LogP contribution is 2.26. The van der Waals surface area contributed by atoms with Crippen LogP contribution in [0.5, 0.6) is 0 Å². The van der Waals surface area contributed by atoms with Crippen molar-refractivity contribution in [1.82, 2.24) is 19.7 Å². The van der Waals surface area contributed by atoms with Crippen LogP contribution in [0.15, 0.2) is 41.7 Å². The number of hydrogen-bond acceptors (Lipinski definition) is 5. The first kappa shape index (κ1) is 16.6. The van der Waals surface area contributed by atoms with Crippen molar-refractivity contribution < 1.29 is 9.59 Å². The molecule has 0 spiro atoms. The highest BCUT2D eigenvalue weighted by molar-refractivity contribution is 7.98. The molecule has 8 heteroatoms. The van der Waals surface area contributed by atoms with Crippen molar-refractivity contribution in [2.45, 2.75) is 23.9 Å². The van der Waals surface area contributed by atoms with E-state index in [9.17, 15) is 9.59 Å². The minimum atomic E-state index is -0.589. The van der Waals surface area contributed by atoms with E-state index in [-0.39, 0.29) is 11.6 Å². The highest BCUT2D eigenvalue weighted by atomic mass is 32.2. The number of amides is 2. The van der Waals surface area contributed by atoms with Crippen LogP contribution in [0.2, 0.25) is 0 Å². The number of thioether (sulfide) groups is 1. The van der Waals surface area contributed by atoms with Crippen LogP contribution in [0.25, 0.3) is 16.9 Å². The van der Waals surface area contributed by atoms with Crippen molar-refractivity contribution >= 4 is 29.2 Å². The smallest absolute Gasteiger partial charge is 0.268 e. The van der Waals surface area contributed by atoms with Gasteiger partial charge in [0.15, 0.2) is 5.65 Å². The average Bonchev–Trinajstić information content (AvgIpc) is 3.36. The van der Waals surface area contributed by atoms with Gasteiger partial charge in [0, 0.05) is 23.4 Å². The molecule has 0 bridgehead atoms. The van der Waals surface area contributed by atoms with Gasteiger partial charge in [-0.2, -0.15) is 0 Å². The summed E-state index contributed by atoms with van der Waals surface area (Å²) in [6.07, 6.45) is 7.29. The van der Waals surface area contributed by atoms with E-state index in [0.717, 1.165) is 24.1 Å². The van der Waals surface area contributed by atoms with E-state index in [2.05, 4.69) is 15.3 Å². The Morgan fingerprint density at radius 1 is 1.27 bits per heavy atom. The summed E-state index contributed by atoms with van der Waals surface area (Å²) in [5.41, 5.74) is 8.54. The molecule has 1 aliphatic rings. The number of imidazole rings is 1. The van der Waals surface area contributed by atoms with Gasteiger partial charge in [0.1, 0.15) is 10.7 Å². The maximum absolute atomic E-state index is 12.1. The fourth-order valence-corrected chi connectivity index (χ4v) is 3.24. The summed E-state index contributed by atoms with van der Waals surface area (Å²) < 4.78 is 1.80. The van der Waals surface area contributed by atoms with Gasteiger partial charge < -0.3 is 11.1 Å². The fourth-order valence-electron chi connectivity index (χ4n) is 2.72. The van der Waals surface area contributed by atoms with E-state index >= 15 is 0 Å². The second-order valence-electron chi connectivity index (χ2n) is 6.16. The molecule has 0 unspecified atom stereocenters. The van der Waals surface area contributed by atoms with Crippen LogP contribution in [0.1, 0.15) is 33.7 Å².